The maximum Gasteiger partial charge on any atom is 0.161 e. The van der Waals surface area contributed by atoms with Crippen molar-refractivity contribution in [1.29, 1.82) is 0 Å². The van der Waals surface area contributed by atoms with Crippen LogP contribution < -0.4 is 0 Å². The molecule has 0 unspecified atom stereocenters. The molecule has 0 saturated carbocycles. The summed E-state index contributed by atoms with van der Waals surface area (Å²) < 4.78 is 3.38. The zero-order chi connectivity index (χ0) is 18.5. The minimum absolute atomic E-state index is 0.700. The van der Waals surface area contributed by atoms with E-state index in [1.54, 1.807) is 23.9 Å². The molecule has 6 rings (SSSR count). The molecule has 0 amide bonds. The molecule has 2 aromatic carbocycles. The highest BCUT2D eigenvalue weighted by atomic mass is 32.1. The molecule has 0 spiro atoms. The summed E-state index contributed by atoms with van der Waals surface area (Å²) in [5.74, 6) is 1.52. The third-order valence-electron chi connectivity index (χ3n) is 4.85. The predicted octanol–water partition coefficient (Wildman–Crippen LogP) is 5.25. The molecular weight excluding hydrogens is 366 g/mol. The molecule has 0 aliphatic carbocycles. The molecule has 0 aliphatic rings. The summed E-state index contributed by atoms with van der Waals surface area (Å²) in [5.41, 5.74) is 2.89. The number of nitrogens with zero attached hydrogens (tertiary/aromatic N) is 5. The average Bonchev–Trinajstić information content (AvgIpc) is 3.29. The van der Waals surface area contributed by atoms with Crippen molar-refractivity contribution in [2.45, 2.75) is 0 Å². The van der Waals surface area contributed by atoms with Gasteiger partial charge in [-0.25, -0.2) is 19.9 Å². The summed E-state index contributed by atoms with van der Waals surface area (Å²) in [6.07, 6.45) is 5.27. The Morgan fingerprint density at radius 3 is 2.64 bits per heavy atom. The number of hydrogen-bond acceptors (Lipinski definition) is 5. The number of thiophene rings is 1. The maximum absolute atomic E-state index is 4.86. The fourth-order valence-electron chi connectivity index (χ4n) is 3.63. The molecule has 0 bridgehead atoms. The topological polar surface area (TPSA) is 56.5 Å². The van der Waals surface area contributed by atoms with Gasteiger partial charge in [-0.15, -0.1) is 11.3 Å². The Kier molecular flexibility index (Phi) is 3.27. The zero-order valence-corrected chi connectivity index (χ0v) is 15.5. The first-order valence-electron chi connectivity index (χ1n) is 8.91. The van der Waals surface area contributed by atoms with Crippen molar-refractivity contribution < 1.29 is 0 Å². The minimum atomic E-state index is 0.700. The van der Waals surface area contributed by atoms with Gasteiger partial charge in [-0.05, 0) is 12.1 Å². The van der Waals surface area contributed by atoms with Gasteiger partial charge in [0.25, 0.3) is 0 Å². The van der Waals surface area contributed by atoms with Gasteiger partial charge in [0.05, 0.1) is 11.7 Å². The van der Waals surface area contributed by atoms with E-state index in [0.717, 1.165) is 32.6 Å². The number of aromatic nitrogens is 5. The van der Waals surface area contributed by atoms with Gasteiger partial charge in [0.1, 0.15) is 22.5 Å². The van der Waals surface area contributed by atoms with E-state index in [2.05, 4.69) is 43.8 Å². The van der Waals surface area contributed by atoms with E-state index < -0.39 is 0 Å². The van der Waals surface area contributed by atoms with Crippen molar-refractivity contribution in [2.75, 3.05) is 0 Å². The van der Waals surface area contributed by atoms with Gasteiger partial charge < -0.3 is 0 Å². The highest BCUT2D eigenvalue weighted by Crippen LogP contribution is 2.40. The summed E-state index contributed by atoms with van der Waals surface area (Å²) in [5, 5.41) is 2.36. The zero-order valence-electron chi connectivity index (χ0n) is 14.6. The van der Waals surface area contributed by atoms with Crippen LogP contribution in [0, 0.1) is 0 Å². The Morgan fingerprint density at radius 1 is 0.857 bits per heavy atom. The molecule has 0 saturated heterocycles. The second-order valence-corrected chi connectivity index (χ2v) is 7.51. The minimum Gasteiger partial charge on any atom is -0.281 e. The maximum atomic E-state index is 4.86. The van der Waals surface area contributed by atoms with Gasteiger partial charge in [-0.3, -0.25) is 4.57 Å². The predicted molar refractivity (Wildman–Crippen MR) is 113 cm³/mol. The van der Waals surface area contributed by atoms with Crippen LogP contribution in [0.4, 0.5) is 0 Å². The van der Waals surface area contributed by atoms with Crippen LogP contribution in [0.1, 0.15) is 0 Å². The second kappa shape index (κ2) is 5.94. The lowest BCUT2D eigenvalue weighted by atomic mass is 10.2. The second-order valence-electron chi connectivity index (χ2n) is 6.47. The standard InChI is InChI=1S/C22H13N5S/c1-2-6-14(7-3-1)21-24-11-10-18(26-21)27-16-12-23-13-25-20(16)19-15-8-4-5-9-17(15)28-22(19)27/h1-13H. The van der Waals surface area contributed by atoms with Crippen molar-refractivity contribution >= 4 is 42.7 Å². The lowest BCUT2D eigenvalue weighted by molar-refractivity contribution is 1.04. The lowest BCUT2D eigenvalue weighted by Gasteiger charge is -2.07. The molecule has 6 aromatic rings. The Bertz CT molecular complexity index is 1470. The molecule has 4 heterocycles. The summed E-state index contributed by atoms with van der Waals surface area (Å²) in [4.78, 5) is 19.3. The molecule has 5 nitrogen and oxygen atoms in total. The third kappa shape index (κ3) is 2.18. The Hall–Kier alpha value is -3.64. The fourth-order valence-corrected chi connectivity index (χ4v) is 4.86. The first-order chi connectivity index (χ1) is 13.9. The van der Waals surface area contributed by atoms with Gasteiger partial charge in [0, 0.05) is 27.2 Å². The molecule has 0 radical (unpaired) electrons. The van der Waals surface area contributed by atoms with Gasteiger partial charge in [0.15, 0.2) is 5.82 Å². The van der Waals surface area contributed by atoms with Crippen LogP contribution in [0.5, 0.6) is 0 Å². The van der Waals surface area contributed by atoms with Crippen molar-refractivity contribution in [3.63, 3.8) is 0 Å². The smallest absolute Gasteiger partial charge is 0.161 e. The highest BCUT2D eigenvalue weighted by molar-refractivity contribution is 7.25. The lowest BCUT2D eigenvalue weighted by Crippen LogP contribution is -1.99. The van der Waals surface area contributed by atoms with Crippen LogP contribution in [-0.2, 0) is 0 Å². The molecule has 0 N–H and O–H groups in total. The van der Waals surface area contributed by atoms with Gasteiger partial charge in [-0.1, -0.05) is 48.5 Å². The molecule has 0 fully saturated rings. The summed E-state index contributed by atoms with van der Waals surface area (Å²) in [6.45, 7) is 0. The van der Waals surface area contributed by atoms with E-state index in [4.69, 9.17) is 4.98 Å². The number of benzene rings is 2. The third-order valence-corrected chi connectivity index (χ3v) is 6.01. The summed E-state index contributed by atoms with van der Waals surface area (Å²) in [6, 6.07) is 20.4. The first kappa shape index (κ1) is 15.4. The van der Waals surface area contributed by atoms with Gasteiger partial charge in [0.2, 0.25) is 0 Å². The normalized spacial score (nSPS) is 11.6. The van der Waals surface area contributed by atoms with Crippen LogP contribution in [0.2, 0.25) is 0 Å². The van der Waals surface area contributed by atoms with Crippen LogP contribution in [0.15, 0.2) is 79.4 Å². The van der Waals surface area contributed by atoms with Crippen LogP contribution in [0.25, 0.3) is 48.5 Å². The Balaban J connectivity index is 1.70. The average molecular weight is 379 g/mol. The molecule has 4 aromatic heterocycles. The number of rotatable bonds is 2. The van der Waals surface area contributed by atoms with E-state index in [9.17, 15) is 0 Å². The molecule has 28 heavy (non-hydrogen) atoms. The highest BCUT2D eigenvalue weighted by Gasteiger charge is 2.19. The molecule has 132 valence electrons. The van der Waals surface area contributed by atoms with Crippen molar-refractivity contribution in [2.24, 2.45) is 0 Å². The Morgan fingerprint density at radius 2 is 1.71 bits per heavy atom. The van der Waals surface area contributed by atoms with E-state index in [1.165, 1.54) is 10.1 Å². The van der Waals surface area contributed by atoms with Gasteiger partial charge >= 0.3 is 0 Å². The number of hydrogen-bond donors (Lipinski definition) is 0. The summed E-state index contributed by atoms with van der Waals surface area (Å²) >= 11 is 1.75. The van der Waals surface area contributed by atoms with Crippen molar-refractivity contribution in [1.82, 2.24) is 24.5 Å². The molecule has 0 aliphatic heterocycles. The Labute approximate surface area is 164 Å². The number of fused-ring (bicyclic) bond motifs is 5. The summed E-state index contributed by atoms with van der Waals surface area (Å²) in [7, 11) is 0. The van der Waals surface area contributed by atoms with E-state index in [1.807, 2.05) is 42.6 Å². The van der Waals surface area contributed by atoms with Crippen LogP contribution in [0.3, 0.4) is 0 Å². The molecule has 0 atom stereocenters. The van der Waals surface area contributed by atoms with E-state index in [-0.39, 0.29) is 0 Å². The van der Waals surface area contributed by atoms with Gasteiger partial charge in [-0.2, -0.15) is 0 Å². The van der Waals surface area contributed by atoms with E-state index in [0.29, 0.717) is 5.82 Å². The SMILES string of the molecule is c1ccc(-c2nccc(-n3c4cncnc4c4c5ccccc5sc43)n2)cc1. The van der Waals surface area contributed by atoms with Crippen molar-refractivity contribution in [3.05, 3.63) is 79.4 Å². The fraction of sp³-hybridized carbons (Fsp3) is 0. The van der Waals surface area contributed by atoms with Crippen LogP contribution in [-0.4, -0.2) is 24.5 Å². The first-order valence-corrected chi connectivity index (χ1v) is 9.72. The van der Waals surface area contributed by atoms with E-state index >= 15 is 0 Å². The van der Waals surface area contributed by atoms with Crippen LogP contribution >= 0.6 is 11.3 Å². The quantitative estimate of drug-likeness (QED) is 0.412. The monoisotopic (exact) mass is 379 g/mol. The largest absolute Gasteiger partial charge is 0.281 e. The van der Waals surface area contributed by atoms with Crippen molar-refractivity contribution in [3.8, 4) is 17.2 Å². The molecule has 6 heteroatoms. The molecular formula is C22H13N5S.